The maximum absolute atomic E-state index is 13.2. The van der Waals surface area contributed by atoms with Crippen LogP contribution in [-0.2, 0) is 25.6 Å². The van der Waals surface area contributed by atoms with Crippen LogP contribution in [0.2, 0.25) is 5.02 Å². The second kappa shape index (κ2) is 11.4. The summed E-state index contributed by atoms with van der Waals surface area (Å²) < 4.78 is 33.5. The Labute approximate surface area is 217 Å². The standard InChI is InChI=1S/C26H39ClN2O5S/c1-8-13-32-21-14-17(2)20(27)15-19(21)23(28-35(31)25(3,4)5)18-9-11-29(12-10-18)24(30)22-16-33-26(6,7)34-22/h8,14-15,18,22-23,28H,1,9-13,16H2,2-7H3/t22-,23?,35+/m1/s1. The Balaban J connectivity index is 1.82. The molecule has 0 saturated carbocycles. The van der Waals surface area contributed by atoms with E-state index in [2.05, 4.69) is 11.3 Å². The number of amides is 1. The third kappa shape index (κ3) is 7.14. The first kappa shape index (κ1) is 28.3. The van der Waals surface area contributed by atoms with Gasteiger partial charge in [-0.05, 0) is 78.0 Å². The highest BCUT2D eigenvalue weighted by Gasteiger charge is 2.41. The zero-order valence-electron chi connectivity index (χ0n) is 21.7. The molecule has 9 heteroatoms. The van der Waals surface area contributed by atoms with Crippen LogP contribution in [0.4, 0.5) is 0 Å². The van der Waals surface area contributed by atoms with E-state index >= 15 is 0 Å². The minimum absolute atomic E-state index is 0.0369. The van der Waals surface area contributed by atoms with Gasteiger partial charge in [0.25, 0.3) is 5.91 Å². The number of nitrogens with one attached hydrogen (secondary N) is 1. The number of aryl methyl sites for hydroxylation is 1. The highest BCUT2D eigenvalue weighted by atomic mass is 35.5. The molecule has 35 heavy (non-hydrogen) atoms. The zero-order chi connectivity index (χ0) is 26.0. The normalized spacial score (nSPS) is 22.6. The van der Waals surface area contributed by atoms with Crippen LogP contribution in [-0.4, -0.2) is 58.3 Å². The van der Waals surface area contributed by atoms with Gasteiger partial charge in [-0.15, -0.1) is 4.72 Å². The molecule has 0 spiro atoms. The van der Waals surface area contributed by atoms with Crippen molar-refractivity contribution in [1.29, 1.82) is 0 Å². The molecule has 1 aromatic rings. The number of carbonyl (C=O) groups excluding carboxylic acids is 1. The lowest BCUT2D eigenvalue weighted by molar-refractivity contribution is -0.161. The van der Waals surface area contributed by atoms with Crippen LogP contribution in [0.3, 0.4) is 0 Å². The van der Waals surface area contributed by atoms with Crippen LogP contribution in [0, 0.1) is 12.8 Å². The van der Waals surface area contributed by atoms with Crippen LogP contribution in [0.25, 0.3) is 0 Å². The molecule has 0 aliphatic carbocycles. The molecule has 3 rings (SSSR count). The molecule has 2 aliphatic rings. The van der Waals surface area contributed by atoms with Crippen molar-refractivity contribution < 1.29 is 23.6 Å². The smallest absolute Gasteiger partial charge is 0.254 e. The lowest BCUT2D eigenvalue weighted by Crippen LogP contribution is -2.48. The van der Waals surface area contributed by atoms with Gasteiger partial charge >= 0.3 is 0 Å². The van der Waals surface area contributed by atoms with E-state index in [9.17, 15) is 9.35 Å². The number of benzene rings is 1. The molecule has 1 unspecified atom stereocenters. The van der Waals surface area contributed by atoms with Gasteiger partial charge in [0.1, 0.15) is 17.1 Å². The minimum atomic E-state index is -1.31. The summed E-state index contributed by atoms with van der Waals surface area (Å²) in [5.74, 6) is 0.0575. The van der Waals surface area contributed by atoms with Crippen molar-refractivity contribution in [2.75, 3.05) is 26.3 Å². The predicted molar refractivity (Wildman–Crippen MR) is 140 cm³/mol. The molecule has 1 N–H and O–H groups in total. The number of likely N-dealkylation sites (tertiary alicyclic amines) is 1. The predicted octanol–water partition coefficient (Wildman–Crippen LogP) is 4.70. The van der Waals surface area contributed by atoms with Gasteiger partial charge in [0.05, 0.1) is 12.6 Å². The van der Waals surface area contributed by atoms with Crippen LogP contribution in [0.1, 0.15) is 64.6 Å². The average molecular weight is 527 g/mol. The molecule has 2 fully saturated rings. The van der Waals surface area contributed by atoms with Gasteiger partial charge in [0.2, 0.25) is 0 Å². The van der Waals surface area contributed by atoms with Crippen molar-refractivity contribution in [1.82, 2.24) is 9.62 Å². The summed E-state index contributed by atoms with van der Waals surface area (Å²) >= 11 is 5.22. The zero-order valence-corrected chi connectivity index (χ0v) is 23.3. The van der Waals surface area contributed by atoms with E-state index in [1.54, 1.807) is 6.08 Å². The van der Waals surface area contributed by atoms with Gasteiger partial charge < -0.3 is 23.7 Å². The molecular weight excluding hydrogens is 488 g/mol. The van der Waals surface area contributed by atoms with Gasteiger partial charge in [-0.1, -0.05) is 24.3 Å². The molecule has 3 atom stereocenters. The lowest BCUT2D eigenvalue weighted by atomic mass is 9.85. The van der Waals surface area contributed by atoms with Crippen molar-refractivity contribution in [2.24, 2.45) is 5.92 Å². The molecule has 1 aromatic carbocycles. The molecule has 2 heterocycles. The molecule has 196 valence electrons. The van der Waals surface area contributed by atoms with Crippen molar-refractivity contribution in [3.8, 4) is 5.75 Å². The molecule has 2 saturated heterocycles. The lowest BCUT2D eigenvalue weighted by Gasteiger charge is -2.38. The SMILES string of the molecule is C=CCOc1cc(C)c(Cl)cc1C(N[S@@+]([O-])C(C)(C)C)C1CCN(C(=O)[C@H]2COC(C)(C)O2)CC1. The van der Waals surface area contributed by atoms with Gasteiger partial charge in [-0.25, -0.2) is 0 Å². The minimum Gasteiger partial charge on any atom is -0.598 e. The summed E-state index contributed by atoms with van der Waals surface area (Å²) in [4.78, 5) is 14.9. The summed E-state index contributed by atoms with van der Waals surface area (Å²) in [5, 5.41) is 0.632. The monoisotopic (exact) mass is 526 g/mol. The molecule has 1 amide bonds. The van der Waals surface area contributed by atoms with E-state index in [4.69, 9.17) is 25.8 Å². The fraction of sp³-hybridized carbons (Fsp3) is 0.654. The van der Waals surface area contributed by atoms with Gasteiger partial charge in [0, 0.05) is 35.0 Å². The van der Waals surface area contributed by atoms with Crippen molar-refractivity contribution in [3.05, 3.63) is 40.9 Å². The molecule has 2 aliphatic heterocycles. The van der Waals surface area contributed by atoms with E-state index in [-0.39, 0.29) is 24.5 Å². The maximum Gasteiger partial charge on any atom is 0.254 e. The summed E-state index contributed by atoms with van der Waals surface area (Å²) in [6.07, 6.45) is 2.62. The van der Waals surface area contributed by atoms with Gasteiger partial charge in [-0.3, -0.25) is 4.79 Å². The Hall–Kier alpha value is -1.29. The van der Waals surface area contributed by atoms with Gasteiger partial charge in [-0.2, -0.15) is 0 Å². The molecule has 0 radical (unpaired) electrons. The van der Waals surface area contributed by atoms with Crippen LogP contribution >= 0.6 is 11.6 Å². The molecular formula is C26H39ClN2O5S. The first-order valence-electron chi connectivity index (χ1n) is 12.1. The maximum atomic E-state index is 13.2. The van der Waals surface area contributed by atoms with E-state index in [0.717, 1.165) is 24.0 Å². The van der Waals surface area contributed by atoms with Crippen LogP contribution < -0.4 is 9.46 Å². The number of hydrogen-bond donors (Lipinski definition) is 1. The van der Waals surface area contributed by atoms with E-state index in [1.807, 2.05) is 58.6 Å². The van der Waals surface area contributed by atoms with Crippen molar-refractivity contribution in [3.63, 3.8) is 0 Å². The second-order valence-electron chi connectivity index (χ2n) is 10.7. The highest BCUT2D eigenvalue weighted by molar-refractivity contribution is 7.90. The number of halogens is 1. The number of carbonyl (C=O) groups is 1. The summed E-state index contributed by atoms with van der Waals surface area (Å²) in [6, 6.07) is 3.58. The Morgan fingerprint density at radius 3 is 2.60 bits per heavy atom. The Morgan fingerprint density at radius 2 is 2.06 bits per heavy atom. The van der Waals surface area contributed by atoms with Crippen LogP contribution in [0.5, 0.6) is 5.75 Å². The molecule has 7 nitrogen and oxygen atoms in total. The quantitative estimate of drug-likeness (QED) is 0.390. The summed E-state index contributed by atoms with van der Waals surface area (Å²) in [6.45, 7) is 17.0. The number of ether oxygens (including phenoxy) is 3. The van der Waals surface area contributed by atoms with E-state index in [0.29, 0.717) is 30.5 Å². The second-order valence-corrected chi connectivity index (χ2v) is 13.1. The summed E-state index contributed by atoms with van der Waals surface area (Å²) in [7, 11) is 0. The number of nitrogens with zero attached hydrogens (tertiary/aromatic N) is 1. The first-order chi connectivity index (χ1) is 16.3. The van der Waals surface area contributed by atoms with Crippen molar-refractivity contribution >= 4 is 28.9 Å². The number of piperidine rings is 1. The number of rotatable bonds is 8. The fourth-order valence-corrected chi connectivity index (χ4v) is 5.43. The van der Waals surface area contributed by atoms with Crippen LogP contribution in [0.15, 0.2) is 24.8 Å². The largest absolute Gasteiger partial charge is 0.598 e. The topological polar surface area (TPSA) is 83.1 Å². The Kier molecular flexibility index (Phi) is 9.21. The molecule has 0 bridgehead atoms. The Bertz CT molecular complexity index is 912. The first-order valence-corrected chi connectivity index (χ1v) is 13.7. The highest BCUT2D eigenvalue weighted by Crippen LogP contribution is 2.40. The Morgan fingerprint density at radius 1 is 1.40 bits per heavy atom. The number of hydrogen-bond acceptors (Lipinski definition) is 6. The average Bonchev–Trinajstić information content (AvgIpc) is 3.16. The van der Waals surface area contributed by atoms with E-state index < -0.39 is 28.0 Å². The van der Waals surface area contributed by atoms with Crippen molar-refractivity contribution in [2.45, 2.75) is 77.1 Å². The third-order valence-corrected chi connectivity index (χ3v) is 8.37. The van der Waals surface area contributed by atoms with E-state index in [1.165, 1.54) is 0 Å². The molecule has 0 aromatic heterocycles. The fourth-order valence-electron chi connectivity index (χ4n) is 4.36. The summed E-state index contributed by atoms with van der Waals surface area (Å²) in [5.41, 5.74) is 1.78. The van der Waals surface area contributed by atoms with Gasteiger partial charge in [0.15, 0.2) is 11.9 Å². The third-order valence-electron chi connectivity index (χ3n) is 6.38.